The van der Waals surface area contributed by atoms with Gasteiger partial charge in [0.25, 0.3) is 11.5 Å². The highest BCUT2D eigenvalue weighted by atomic mass is 16.5. The van der Waals surface area contributed by atoms with Crippen molar-refractivity contribution in [2.24, 2.45) is 0 Å². The average Bonchev–Trinajstić information content (AvgIpc) is 2.93. The Bertz CT molecular complexity index is 1410. The lowest BCUT2D eigenvalue weighted by atomic mass is 10.1. The summed E-state index contributed by atoms with van der Waals surface area (Å²) < 4.78 is 6.96. The minimum absolute atomic E-state index is 0.101. The Balaban J connectivity index is 1.90. The van der Waals surface area contributed by atoms with E-state index >= 15 is 0 Å². The van der Waals surface area contributed by atoms with Crippen molar-refractivity contribution >= 4 is 16.8 Å². The van der Waals surface area contributed by atoms with E-state index in [1.807, 2.05) is 60.4 Å². The molecule has 1 aromatic heterocycles. The predicted octanol–water partition coefficient (Wildman–Crippen LogP) is 5.96. The van der Waals surface area contributed by atoms with E-state index in [0.717, 1.165) is 30.5 Å². The van der Waals surface area contributed by atoms with Crippen LogP contribution in [0.2, 0.25) is 0 Å². The molecule has 6 heteroatoms. The molecule has 0 bridgehead atoms. The average molecular weight is 484 g/mol. The summed E-state index contributed by atoms with van der Waals surface area (Å²) in [5, 5.41) is 0.556. The van der Waals surface area contributed by atoms with Gasteiger partial charge in [0.1, 0.15) is 11.6 Å². The third-order valence-electron chi connectivity index (χ3n) is 6.61. The fourth-order valence-corrected chi connectivity index (χ4v) is 4.53. The number of rotatable bonds is 9. The molecule has 1 unspecified atom stereocenters. The molecular weight excluding hydrogens is 450 g/mol. The number of nitrogens with zero attached hydrogens (tertiary/aromatic N) is 3. The third kappa shape index (κ3) is 4.89. The molecule has 1 heterocycles. The van der Waals surface area contributed by atoms with Crippen LogP contribution in [0.15, 0.2) is 77.6 Å². The van der Waals surface area contributed by atoms with Gasteiger partial charge < -0.3 is 9.64 Å². The Labute approximate surface area is 212 Å². The minimum Gasteiger partial charge on any atom is -0.497 e. The van der Waals surface area contributed by atoms with Crippen LogP contribution in [0.1, 0.15) is 61.4 Å². The van der Waals surface area contributed by atoms with E-state index in [1.54, 1.807) is 35.9 Å². The van der Waals surface area contributed by atoms with Crippen LogP contribution in [0, 0.1) is 0 Å². The molecule has 0 radical (unpaired) electrons. The van der Waals surface area contributed by atoms with Gasteiger partial charge in [0, 0.05) is 12.1 Å². The molecule has 0 saturated carbocycles. The first-order chi connectivity index (χ1) is 17.5. The van der Waals surface area contributed by atoms with Crippen molar-refractivity contribution in [3.8, 4) is 11.4 Å². The number of unbranched alkanes of at least 4 members (excludes halogenated alkanes) is 1. The van der Waals surface area contributed by atoms with Gasteiger partial charge in [-0.3, -0.25) is 14.2 Å². The van der Waals surface area contributed by atoms with Crippen molar-refractivity contribution < 1.29 is 9.53 Å². The van der Waals surface area contributed by atoms with E-state index in [2.05, 4.69) is 13.8 Å². The summed E-state index contributed by atoms with van der Waals surface area (Å²) in [5.74, 6) is 1.15. The fourth-order valence-electron chi connectivity index (χ4n) is 4.53. The third-order valence-corrected chi connectivity index (χ3v) is 6.61. The number of ether oxygens (including phenoxy) is 1. The molecule has 0 aliphatic heterocycles. The first-order valence-corrected chi connectivity index (χ1v) is 12.5. The van der Waals surface area contributed by atoms with Gasteiger partial charge in [0.15, 0.2) is 0 Å². The molecule has 0 aliphatic carbocycles. The van der Waals surface area contributed by atoms with Gasteiger partial charge in [0.05, 0.1) is 29.7 Å². The van der Waals surface area contributed by atoms with Crippen molar-refractivity contribution in [2.45, 2.75) is 46.1 Å². The highest BCUT2D eigenvalue weighted by Crippen LogP contribution is 2.27. The molecule has 4 aromatic rings. The highest BCUT2D eigenvalue weighted by Gasteiger charge is 2.28. The number of hydrogen-bond acceptors (Lipinski definition) is 4. The van der Waals surface area contributed by atoms with E-state index < -0.39 is 6.04 Å². The van der Waals surface area contributed by atoms with Gasteiger partial charge in [-0.2, -0.15) is 0 Å². The van der Waals surface area contributed by atoms with Gasteiger partial charge in [-0.1, -0.05) is 50.6 Å². The molecular formula is C30H33N3O3. The zero-order valence-corrected chi connectivity index (χ0v) is 21.4. The van der Waals surface area contributed by atoms with Gasteiger partial charge >= 0.3 is 0 Å². The van der Waals surface area contributed by atoms with E-state index in [0.29, 0.717) is 34.6 Å². The van der Waals surface area contributed by atoms with Gasteiger partial charge in [-0.15, -0.1) is 0 Å². The molecule has 0 spiro atoms. The Kier molecular flexibility index (Phi) is 7.84. The summed E-state index contributed by atoms with van der Waals surface area (Å²) in [4.78, 5) is 34.4. The number of benzene rings is 3. The fraction of sp³-hybridized carbons (Fsp3) is 0.300. The Morgan fingerprint density at radius 3 is 2.39 bits per heavy atom. The molecule has 0 N–H and O–H groups in total. The summed E-state index contributed by atoms with van der Waals surface area (Å²) in [5.41, 5.74) is 2.92. The van der Waals surface area contributed by atoms with E-state index in [4.69, 9.17) is 9.72 Å². The summed E-state index contributed by atoms with van der Waals surface area (Å²) >= 11 is 0. The zero-order chi connectivity index (χ0) is 25.7. The Morgan fingerprint density at radius 1 is 1.00 bits per heavy atom. The number of para-hydroxylation sites is 2. The topological polar surface area (TPSA) is 64.4 Å². The smallest absolute Gasteiger partial charge is 0.266 e. The standard InChI is InChI=1S/C30H33N3O3/c1-5-7-20-32(29(34)23-16-18-24(36-4)19-17-23)21(3)28-31-26-14-10-9-13-25(26)30(35)33(28)27-15-11-8-12-22(27)6-2/h8-19,21H,5-7,20H2,1-4H3. The van der Waals surface area contributed by atoms with Crippen LogP contribution in [0.5, 0.6) is 5.75 Å². The summed E-state index contributed by atoms with van der Waals surface area (Å²) in [6, 6.07) is 22.0. The van der Waals surface area contributed by atoms with E-state index in [-0.39, 0.29) is 11.5 Å². The molecule has 186 valence electrons. The number of carbonyl (C=O) groups is 1. The number of fused-ring (bicyclic) bond motifs is 1. The maximum Gasteiger partial charge on any atom is 0.266 e. The maximum absolute atomic E-state index is 13.9. The van der Waals surface area contributed by atoms with Crippen molar-refractivity contribution in [2.75, 3.05) is 13.7 Å². The first-order valence-electron chi connectivity index (χ1n) is 12.5. The number of aromatic nitrogens is 2. The SMILES string of the molecule is CCCCN(C(=O)c1ccc(OC)cc1)C(C)c1nc2ccccc2c(=O)n1-c1ccccc1CC. The van der Waals surface area contributed by atoms with Crippen LogP contribution in [0.25, 0.3) is 16.6 Å². The number of amides is 1. The molecule has 1 amide bonds. The van der Waals surface area contributed by atoms with Crippen molar-refractivity contribution in [1.29, 1.82) is 0 Å². The lowest BCUT2D eigenvalue weighted by Crippen LogP contribution is -2.38. The number of carbonyl (C=O) groups excluding carboxylic acids is 1. The molecule has 6 nitrogen and oxygen atoms in total. The van der Waals surface area contributed by atoms with Gasteiger partial charge in [-0.25, -0.2) is 4.98 Å². The second-order valence-corrected chi connectivity index (χ2v) is 8.87. The van der Waals surface area contributed by atoms with Crippen LogP contribution in [-0.4, -0.2) is 34.0 Å². The van der Waals surface area contributed by atoms with Crippen LogP contribution in [0.3, 0.4) is 0 Å². The summed E-state index contributed by atoms with van der Waals surface area (Å²) in [6.45, 7) is 6.68. The Hall–Kier alpha value is -3.93. The molecule has 0 aliphatic rings. The summed E-state index contributed by atoms with van der Waals surface area (Å²) in [6.07, 6.45) is 2.55. The van der Waals surface area contributed by atoms with Gasteiger partial charge in [0.2, 0.25) is 0 Å². The normalized spacial score (nSPS) is 11.9. The van der Waals surface area contributed by atoms with Crippen molar-refractivity contribution in [1.82, 2.24) is 14.5 Å². The van der Waals surface area contributed by atoms with Crippen LogP contribution < -0.4 is 10.3 Å². The first kappa shape index (κ1) is 25.2. The maximum atomic E-state index is 13.9. The monoisotopic (exact) mass is 483 g/mol. The van der Waals surface area contributed by atoms with Crippen LogP contribution >= 0.6 is 0 Å². The van der Waals surface area contributed by atoms with Crippen molar-refractivity contribution in [3.63, 3.8) is 0 Å². The lowest BCUT2D eigenvalue weighted by molar-refractivity contribution is 0.0678. The molecule has 0 fully saturated rings. The molecule has 0 saturated heterocycles. The molecule has 4 rings (SSSR count). The zero-order valence-electron chi connectivity index (χ0n) is 21.4. The molecule has 1 atom stereocenters. The van der Waals surface area contributed by atoms with E-state index in [9.17, 15) is 9.59 Å². The molecule has 36 heavy (non-hydrogen) atoms. The van der Waals surface area contributed by atoms with Crippen LogP contribution in [0.4, 0.5) is 0 Å². The highest BCUT2D eigenvalue weighted by molar-refractivity contribution is 5.94. The lowest BCUT2D eigenvalue weighted by Gasteiger charge is -2.31. The largest absolute Gasteiger partial charge is 0.497 e. The predicted molar refractivity (Wildman–Crippen MR) is 144 cm³/mol. The second kappa shape index (κ2) is 11.2. The number of methoxy groups -OCH3 is 1. The van der Waals surface area contributed by atoms with E-state index in [1.165, 1.54) is 0 Å². The quantitative estimate of drug-likeness (QED) is 0.295. The minimum atomic E-state index is -0.437. The van der Waals surface area contributed by atoms with Crippen molar-refractivity contribution in [3.05, 3.63) is 100 Å². The Morgan fingerprint density at radius 2 is 1.69 bits per heavy atom. The van der Waals surface area contributed by atoms with Crippen LogP contribution in [-0.2, 0) is 6.42 Å². The van der Waals surface area contributed by atoms with Gasteiger partial charge in [-0.05, 0) is 67.8 Å². The number of hydrogen-bond donors (Lipinski definition) is 0. The summed E-state index contributed by atoms with van der Waals surface area (Å²) in [7, 11) is 1.60. The number of aryl methyl sites for hydroxylation is 1. The second-order valence-electron chi connectivity index (χ2n) is 8.87. The molecule has 3 aromatic carbocycles.